The number of H-pyrrole nitrogens is 1. The molecule has 2 aromatic carbocycles. The highest BCUT2D eigenvalue weighted by Gasteiger charge is 2.15. The molecule has 3 heterocycles. The molecule has 0 saturated heterocycles. The van der Waals surface area contributed by atoms with Crippen molar-refractivity contribution in [2.24, 2.45) is 0 Å². The van der Waals surface area contributed by atoms with Gasteiger partial charge in [0, 0.05) is 17.4 Å². The number of rotatable bonds is 3. The molecular weight excluding hydrogens is 391 g/mol. The average Bonchev–Trinajstić information content (AvgIpc) is 3.18. The number of benzene rings is 2. The van der Waals surface area contributed by atoms with Crippen molar-refractivity contribution in [1.82, 2.24) is 24.9 Å². The maximum Gasteiger partial charge on any atom is 0.183 e. The Kier molecular flexibility index (Phi) is 4.10. The minimum Gasteiger partial charge on any atom is -0.382 e. The van der Waals surface area contributed by atoms with Crippen molar-refractivity contribution >= 4 is 39.5 Å². The predicted octanol–water partition coefficient (Wildman–Crippen LogP) is 4.53. The number of pyridine rings is 1. The zero-order valence-electron chi connectivity index (χ0n) is 15.0. The molecular formula is C21H14ClFN6. The van der Waals surface area contributed by atoms with Gasteiger partial charge >= 0.3 is 0 Å². The number of para-hydroxylation sites is 1. The van der Waals surface area contributed by atoms with Crippen LogP contribution in [0, 0.1) is 5.82 Å². The van der Waals surface area contributed by atoms with Gasteiger partial charge in [0.1, 0.15) is 17.2 Å². The zero-order chi connectivity index (χ0) is 20.0. The van der Waals surface area contributed by atoms with Gasteiger partial charge in [0.05, 0.1) is 22.6 Å². The first kappa shape index (κ1) is 17.5. The van der Waals surface area contributed by atoms with E-state index in [-0.39, 0.29) is 5.82 Å². The van der Waals surface area contributed by atoms with Crippen LogP contribution in [-0.2, 0) is 6.42 Å². The number of imidazole rings is 1. The number of nitrogen functional groups attached to an aromatic ring is 1. The number of nitrogens with one attached hydrogen (secondary N) is 1. The smallest absolute Gasteiger partial charge is 0.183 e. The van der Waals surface area contributed by atoms with Crippen LogP contribution >= 0.6 is 11.6 Å². The monoisotopic (exact) mass is 404 g/mol. The van der Waals surface area contributed by atoms with E-state index in [1.807, 2.05) is 18.2 Å². The summed E-state index contributed by atoms with van der Waals surface area (Å²) in [5, 5.41) is 1.45. The first-order valence-electron chi connectivity index (χ1n) is 8.88. The lowest BCUT2D eigenvalue weighted by Gasteiger charge is -2.12. The molecule has 3 N–H and O–H groups in total. The van der Waals surface area contributed by atoms with Gasteiger partial charge in [-0.2, -0.15) is 0 Å². The van der Waals surface area contributed by atoms with Crippen LogP contribution in [0.25, 0.3) is 33.3 Å². The molecule has 0 fully saturated rings. The fourth-order valence-electron chi connectivity index (χ4n) is 3.35. The Morgan fingerprint density at radius 2 is 1.86 bits per heavy atom. The molecule has 0 unspecified atom stereocenters. The van der Waals surface area contributed by atoms with Crippen molar-refractivity contribution in [2.75, 3.05) is 5.73 Å². The number of aromatic nitrogens is 5. The van der Waals surface area contributed by atoms with E-state index in [1.165, 1.54) is 18.5 Å². The molecule has 0 atom stereocenters. The maximum atomic E-state index is 13.4. The van der Waals surface area contributed by atoms with Gasteiger partial charge in [-0.25, -0.2) is 24.3 Å². The summed E-state index contributed by atoms with van der Waals surface area (Å²) in [6.07, 6.45) is 1.91. The van der Waals surface area contributed by atoms with Gasteiger partial charge < -0.3 is 10.7 Å². The van der Waals surface area contributed by atoms with Crippen molar-refractivity contribution in [3.63, 3.8) is 0 Å². The summed E-state index contributed by atoms with van der Waals surface area (Å²) in [5.74, 6) is 0.547. The number of aromatic amines is 1. The Bertz CT molecular complexity index is 1360. The van der Waals surface area contributed by atoms with Crippen LogP contribution in [-0.4, -0.2) is 24.9 Å². The second-order valence-electron chi connectivity index (χ2n) is 6.62. The summed E-state index contributed by atoms with van der Waals surface area (Å²) >= 11 is 6.35. The third kappa shape index (κ3) is 3.15. The standard InChI is InChI=1S/C21H14ClFN6/c22-15-3-1-2-12-8-13(9-16-27-20(24)19-21(28-16)26-10-25-19)17(29-18(12)15)11-4-6-14(23)7-5-11/h1-8,10H,9H2,(H3,24,25,26,27,28). The molecule has 0 radical (unpaired) electrons. The van der Waals surface area contributed by atoms with Crippen LogP contribution in [0.15, 0.2) is 54.9 Å². The van der Waals surface area contributed by atoms with Crippen LogP contribution in [0.2, 0.25) is 5.02 Å². The first-order chi connectivity index (χ1) is 14.1. The number of nitrogens with zero attached hydrogens (tertiary/aromatic N) is 4. The lowest BCUT2D eigenvalue weighted by atomic mass is 10.0. The van der Waals surface area contributed by atoms with Crippen LogP contribution < -0.4 is 5.73 Å². The van der Waals surface area contributed by atoms with Crippen LogP contribution in [0.4, 0.5) is 10.2 Å². The lowest BCUT2D eigenvalue weighted by Crippen LogP contribution is -2.04. The van der Waals surface area contributed by atoms with E-state index in [4.69, 9.17) is 22.3 Å². The van der Waals surface area contributed by atoms with Gasteiger partial charge in [0.25, 0.3) is 0 Å². The van der Waals surface area contributed by atoms with Crippen LogP contribution in [0.1, 0.15) is 11.4 Å². The molecule has 142 valence electrons. The summed E-state index contributed by atoms with van der Waals surface area (Å²) in [5.41, 5.74) is 10.2. The highest BCUT2D eigenvalue weighted by atomic mass is 35.5. The van der Waals surface area contributed by atoms with Crippen molar-refractivity contribution in [1.29, 1.82) is 0 Å². The van der Waals surface area contributed by atoms with Gasteiger partial charge in [-0.15, -0.1) is 0 Å². The number of halogens is 2. The fourth-order valence-corrected chi connectivity index (χ4v) is 3.57. The Morgan fingerprint density at radius 1 is 1.03 bits per heavy atom. The SMILES string of the molecule is Nc1nc(Cc2cc3cccc(Cl)c3nc2-c2ccc(F)cc2)nc2nc[nH]c12. The number of hydrogen-bond donors (Lipinski definition) is 2. The quantitative estimate of drug-likeness (QED) is 0.460. The van der Waals surface area contributed by atoms with Crippen molar-refractivity contribution in [3.8, 4) is 11.3 Å². The topological polar surface area (TPSA) is 93.4 Å². The fraction of sp³-hybridized carbons (Fsp3) is 0.0476. The van der Waals surface area contributed by atoms with Gasteiger partial charge in [-0.05, 0) is 42.0 Å². The highest BCUT2D eigenvalue weighted by Crippen LogP contribution is 2.30. The number of anilines is 1. The Balaban J connectivity index is 1.69. The lowest BCUT2D eigenvalue weighted by molar-refractivity contribution is 0.628. The van der Waals surface area contributed by atoms with Crippen LogP contribution in [0.3, 0.4) is 0 Å². The molecule has 0 saturated carbocycles. The molecule has 0 aliphatic rings. The van der Waals surface area contributed by atoms with Gasteiger partial charge in [-0.1, -0.05) is 23.7 Å². The van der Waals surface area contributed by atoms with Crippen LogP contribution in [0.5, 0.6) is 0 Å². The minimum atomic E-state index is -0.311. The summed E-state index contributed by atoms with van der Waals surface area (Å²) < 4.78 is 13.4. The third-order valence-corrected chi connectivity index (χ3v) is 5.01. The second-order valence-corrected chi connectivity index (χ2v) is 7.02. The van der Waals surface area contributed by atoms with Gasteiger partial charge in [0.2, 0.25) is 0 Å². The van der Waals surface area contributed by atoms with E-state index >= 15 is 0 Å². The number of nitrogens with two attached hydrogens (primary N) is 1. The number of fused-ring (bicyclic) bond motifs is 2. The number of hydrogen-bond acceptors (Lipinski definition) is 5. The summed E-state index contributed by atoms with van der Waals surface area (Å²) in [6, 6.07) is 13.8. The highest BCUT2D eigenvalue weighted by molar-refractivity contribution is 6.35. The van der Waals surface area contributed by atoms with Gasteiger partial charge in [-0.3, -0.25) is 0 Å². The molecule has 0 amide bonds. The van der Waals surface area contributed by atoms with E-state index < -0.39 is 0 Å². The summed E-state index contributed by atoms with van der Waals surface area (Å²) in [6.45, 7) is 0. The van der Waals surface area contributed by atoms with Crippen molar-refractivity contribution in [2.45, 2.75) is 6.42 Å². The minimum absolute atomic E-state index is 0.311. The zero-order valence-corrected chi connectivity index (χ0v) is 15.8. The van der Waals surface area contributed by atoms with E-state index in [0.29, 0.717) is 45.5 Å². The molecule has 0 bridgehead atoms. The Hall–Kier alpha value is -3.58. The maximum absolute atomic E-state index is 13.4. The van der Waals surface area contributed by atoms with E-state index in [2.05, 4.69) is 19.9 Å². The Labute approximate surface area is 169 Å². The predicted molar refractivity (Wildman–Crippen MR) is 111 cm³/mol. The summed E-state index contributed by atoms with van der Waals surface area (Å²) in [7, 11) is 0. The normalized spacial score (nSPS) is 11.4. The van der Waals surface area contributed by atoms with E-state index in [9.17, 15) is 4.39 Å². The average molecular weight is 405 g/mol. The van der Waals surface area contributed by atoms with Crippen molar-refractivity contribution < 1.29 is 4.39 Å². The molecule has 5 rings (SSSR count). The molecule has 0 spiro atoms. The first-order valence-corrected chi connectivity index (χ1v) is 9.26. The molecule has 29 heavy (non-hydrogen) atoms. The molecule has 8 heteroatoms. The third-order valence-electron chi connectivity index (χ3n) is 4.70. The molecule has 0 aliphatic carbocycles. The molecule has 6 nitrogen and oxygen atoms in total. The molecule has 0 aliphatic heterocycles. The van der Waals surface area contributed by atoms with E-state index in [0.717, 1.165) is 16.5 Å². The molecule has 3 aromatic heterocycles. The van der Waals surface area contributed by atoms with E-state index in [1.54, 1.807) is 18.2 Å². The Morgan fingerprint density at radius 3 is 2.69 bits per heavy atom. The summed E-state index contributed by atoms with van der Waals surface area (Å²) in [4.78, 5) is 20.8. The molecule has 5 aromatic rings. The second kappa shape index (κ2) is 6.79. The van der Waals surface area contributed by atoms with Gasteiger partial charge in [0.15, 0.2) is 11.5 Å². The largest absolute Gasteiger partial charge is 0.382 e. The van der Waals surface area contributed by atoms with Crippen molar-refractivity contribution in [3.05, 3.63) is 77.1 Å².